The van der Waals surface area contributed by atoms with Crippen molar-refractivity contribution in [2.24, 2.45) is 0 Å². The lowest BCUT2D eigenvalue weighted by Crippen LogP contribution is -2.37. The largest absolute Gasteiger partial charge is 0.398 e. The van der Waals surface area contributed by atoms with E-state index in [1.54, 1.807) is 0 Å². The number of nitrogens with zero attached hydrogens (tertiary/aromatic N) is 2. The first-order valence-corrected chi connectivity index (χ1v) is 7.85. The second-order valence-electron chi connectivity index (χ2n) is 4.91. The Bertz CT molecular complexity index is 709. The topological polar surface area (TPSA) is 116 Å². The molecule has 1 amide bonds. The zero-order valence-corrected chi connectivity index (χ0v) is 12.4. The van der Waals surface area contributed by atoms with Crippen LogP contribution in [-0.4, -0.2) is 37.8 Å². The number of rotatable bonds is 3. The standard InChI is InChI=1S/C13H16N4O3S/c1-9(18)16-11-4-5-17(8-11)21(19,20)13-3-2-10(7-14)6-12(13)15/h2-3,6,11H,4-5,8,15H2,1H3,(H,16,18). The molecule has 1 atom stereocenters. The molecule has 1 aromatic rings. The number of sulfonamides is 1. The second-order valence-corrected chi connectivity index (χ2v) is 6.82. The van der Waals surface area contributed by atoms with Crippen LogP contribution < -0.4 is 11.1 Å². The molecule has 0 aliphatic carbocycles. The van der Waals surface area contributed by atoms with Crippen LogP contribution in [0.3, 0.4) is 0 Å². The van der Waals surface area contributed by atoms with Gasteiger partial charge in [-0.3, -0.25) is 4.79 Å². The van der Waals surface area contributed by atoms with Crippen LogP contribution in [0.15, 0.2) is 23.1 Å². The summed E-state index contributed by atoms with van der Waals surface area (Å²) in [6.45, 7) is 1.95. The average Bonchev–Trinajstić information content (AvgIpc) is 2.86. The number of nitrogens with two attached hydrogens (primary N) is 1. The summed E-state index contributed by atoms with van der Waals surface area (Å²) in [5.41, 5.74) is 6.10. The molecule has 1 aromatic carbocycles. The van der Waals surface area contributed by atoms with Crippen molar-refractivity contribution in [1.29, 1.82) is 5.26 Å². The zero-order chi connectivity index (χ0) is 15.6. The van der Waals surface area contributed by atoms with E-state index >= 15 is 0 Å². The highest BCUT2D eigenvalue weighted by Gasteiger charge is 2.33. The summed E-state index contributed by atoms with van der Waals surface area (Å²) < 4.78 is 26.4. The van der Waals surface area contributed by atoms with Gasteiger partial charge >= 0.3 is 0 Å². The molecule has 21 heavy (non-hydrogen) atoms. The number of hydrogen-bond acceptors (Lipinski definition) is 5. The number of hydrogen-bond donors (Lipinski definition) is 2. The van der Waals surface area contributed by atoms with Gasteiger partial charge in [0.25, 0.3) is 0 Å². The van der Waals surface area contributed by atoms with E-state index in [0.29, 0.717) is 18.5 Å². The first-order valence-electron chi connectivity index (χ1n) is 6.41. The highest BCUT2D eigenvalue weighted by Crippen LogP contribution is 2.26. The molecule has 1 heterocycles. The molecule has 7 nitrogen and oxygen atoms in total. The fourth-order valence-electron chi connectivity index (χ4n) is 2.34. The van der Waals surface area contributed by atoms with Crippen molar-refractivity contribution in [3.05, 3.63) is 23.8 Å². The molecule has 0 bridgehead atoms. The van der Waals surface area contributed by atoms with E-state index < -0.39 is 10.0 Å². The van der Waals surface area contributed by atoms with Gasteiger partial charge in [-0.2, -0.15) is 9.57 Å². The van der Waals surface area contributed by atoms with E-state index in [-0.39, 0.29) is 29.1 Å². The first-order chi connectivity index (χ1) is 9.84. The van der Waals surface area contributed by atoms with Crippen molar-refractivity contribution >= 4 is 21.6 Å². The van der Waals surface area contributed by atoms with E-state index in [1.165, 1.54) is 29.4 Å². The lowest BCUT2D eigenvalue weighted by atomic mass is 10.2. The number of carbonyl (C=O) groups excluding carboxylic acids is 1. The maximum atomic E-state index is 12.5. The summed E-state index contributed by atoms with van der Waals surface area (Å²) in [5.74, 6) is -0.183. The molecule has 1 fully saturated rings. The summed E-state index contributed by atoms with van der Waals surface area (Å²) in [7, 11) is -3.72. The van der Waals surface area contributed by atoms with E-state index in [4.69, 9.17) is 11.0 Å². The monoisotopic (exact) mass is 308 g/mol. The van der Waals surface area contributed by atoms with E-state index in [9.17, 15) is 13.2 Å². The van der Waals surface area contributed by atoms with Gasteiger partial charge in [-0.1, -0.05) is 0 Å². The Morgan fingerprint density at radius 3 is 2.81 bits per heavy atom. The number of nitrogens with one attached hydrogen (secondary N) is 1. The third kappa shape index (κ3) is 3.15. The summed E-state index contributed by atoms with van der Waals surface area (Å²) >= 11 is 0. The Kier molecular flexibility index (Phi) is 4.16. The molecule has 0 radical (unpaired) electrons. The van der Waals surface area contributed by atoms with E-state index in [2.05, 4.69) is 5.32 Å². The van der Waals surface area contributed by atoms with Gasteiger partial charge in [0.15, 0.2) is 0 Å². The predicted octanol–water partition coefficient (Wildman–Crippen LogP) is 0.0396. The Hall–Kier alpha value is -2.11. The molecule has 1 aliphatic heterocycles. The number of nitrogen functional groups attached to an aromatic ring is 1. The van der Waals surface area contributed by atoms with Crippen LogP contribution in [0.2, 0.25) is 0 Å². The van der Waals surface area contributed by atoms with Crippen molar-refractivity contribution in [3.8, 4) is 6.07 Å². The molecule has 0 aromatic heterocycles. The maximum absolute atomic E-state index is 12.5. The smallest absolute Gasteiger partial charge is 0.245 e. The third-order valence-electron chi connectivity index (χ3n) is 3.32. The van der Waals surface area contributed by atoms with Crippen molar-refractivity contribution in [1.82, 2.24) is 9.62 Å². The molecule has 1 unspecified atom stereocenters. The van der Waals surface area contributed by atoms with Gasteiger partial charge in [-0.05, 0) is 24.6 Å². The number of benzene rings is 1. The molecule has 1 aliphatic rings. The summed E-state index contributed by atoms with van der Waals surface area (Å²) in [5, 5.41) is 11.5. The van der Waals surface area contributed by atoms with Gasteiger partial charge in [0, 0.05) is 26.1 Å². The van der Waals surface area contributed by atoms with Gasteiger partial charge in [0.05, 0.1) is 17.3 Å². The normalized spacial score (nSPS) is 19.1. The zero-order valence-electron chi connectivity index (χ0n) is 11.5. The maximum Gasteiger partial charge on any atom is 0.245 e. The van der Waals surface area contributed by atoms with Crippen molar-refractivity contribution in [2.75, 3.05) is 18.8 Å². The van der Waals surface area contributed by atoms with Gasteiger partial charge in [0.2, 0.25) is 15.9 Å². The minimum absolute atomic E-state index is 0.00928. The highest BCUT2D eigenvalue weighted by molar-refractivity contribution is 7.89. The van der Waals surface area contributed by atoms with E-state index in [1.807, 2.05) is 6.07 Å². The van der Waals surface area contributed by atoms with Crippen molar-refractivity contribution in [3.63, 3.8) is 0 Å². The highest BCUT2D eigenvalue weighted by atomic mass is 32.2. The minimum atomic E-state index is -3.72. The van der Waals surface area contributed by atoms with Crippen LogP contribution in [0.25, 0.3) is 0 Å². The van der Waals surface area contributed by atoms with Gasteiger partial charge in [-0.15, -0.1) is 0 Å². The molecule has 1 saturated heterocycles. The molecule has 0 saturated carbocycles. The van der Waals surface area contributed by atoms with Crippen LogP contribution in [0, 0.1) is 11.3 Å². The van der Waals surface area contributed by atoms with Gasteiger partial charge in [-0.25, -0.2) is 8.42 Å². The summed E-state index contributed by atoms with van der Waals surface area (Å²) in [4.78, 5) is 11.0. The number of nitriles is 1. The lowest BCUT2D eigenvalue weighted by molar-refractivity contribution is -0.119. The number of amides is 1. The predicted molar refractivity (Wildman–Crippen MR) is 76.5 cm³/mol. The second kappa shape index (κ2) is 5.71. The number of anilines is 1. The SMILES string of the molecule is CC(=O)NC1CCN(S(=O)(=O)c2ccc(C#N)cc2N)C1. The van der Waals surface area contributed by atoms with Crippen molar-refractivity contribution in [2.45, 2.75) is 24.3 Å². The van der Waals surface area contributed by atoms with Crippen LogP contribution in [-0.2, 0) is 14.8 Å². The van der Waals surface area contributed by atoms with E-state index in [0.717, 1.165) is 0 Å². The van der Waals surface area contributed by atoms with Crippen LogP contribution in [0.4, 0.5) is 5.69 Å². The Labute approximate surface area is 123 Å². The fraction of sp³-hybridized carbons (Fsp3) is 0.385. The Morgan fingerprint density at radius 1 is 1.52 bits per heavy atom. The van der Waals surface area contributed by atoms with Gasteiger partial charge < -0.3 is 11.1 Å². The molecule has 8 heteroatoms. The first kappa shape index (κ1) is 15.3. The Balaban J connectivity index is 2.24. The summed E-state index contributed by atoms with van der Waals surface area (Å²) in [6, 6.07) is 5.83. The fourth-order valence-corrected chi connectivity index (χ4v) is 3.94. The number of carbonyl (C=O) groups is 1. The minimum Gasteiger partial charge on any atom is -0.398 e. The van der Waals surface area contributed by atoms with Gasteiger partial charge in [0.1, 0.15) is 4.90 Å². The summed E-state index contributed by atoms with van der Waals surface area (Å²) in [6.07, 6.45) is 0.564. The van der Waals surface area contributed by atoms with Crippen LogP contribution in [0.5, 0.6) is 0 Å². The third-order valence-corrected chi connectivity index (χ3v) is 5.25. The van der Waals surface area contributed by atoms with Crippen molar-refractivity contribution < 1.29 is 13.2 Å². The quantitative estimate of drug-likeness (QED) is 0.765. The molecule has 2 rings (SSSR count). The molecule has 0 spiro atoms. The lowest BCUT2D eigenvalue weighted by Gasteiger charge is -2.18. The molecular weight excluding hydrogens is 292 g/mol. The van der Waals surface area contributed by atoms with Crippen LogP contribution >= 0.6 is 0 Å². The average molecular weight is 308 g/mol. The molecule has 112 valence electrons. The van der Waals surface area contributed by atoms with Crippen LogP contribution in [0.1, 0.15) is 18.9 Å². The molecule has 3 N–H and O–H groups in total. The molecular formula is C13H16N4O3S. The Morgan fingerprint density at radius 2 is 2.24 bits per heavy atom.